The van der Waals surface area contributed by atoms with Crippen molar-refractivity contribution in [3.05, 3.63) is 11.9 Å². The molecule has 0 amide bonds. The Balaban J connectivity index is 2.09. The van der Waals surface area contributed by atoms with Gasteiger partial charge in [-0.25, -0.2) is 9.97 Å². The van der Waals surface area contributed by atoms with Crippen molar-refractivity contribution in [1.29, 1.82) is 0 Å². The fraction of sp³-hybridized carbons (Fsp3) is 0.714. The zero-order valence-corrected chi connectivity index (χ0v) is 12.9. The first-order valence-corrected chi connectivity index (χ1v) is 8.30. The van der Waals surface area contributed by atoms with Crippen LogP contribution in [0.2, 0.25) is 0 Å². The van der Waals surface area contributed by atoms with Crippen LogP contribution in [0, 0.1) is 5.92 Å². The number of hydrogen-bond acceptors (Lipinski definition) is 4. The van der Waals surface area contributed by atoms with Gasteiger partial charge in [0.2, 0.25) is 5.82 Å². The predicted octanol–water partition coefficient (Wildman–Crippen LogP) is 4.60. The van der Waals surface area contributed by atoms with Gasteiger partial charge >= 0.3 is 6.18 Å². The number of halogens is 3. The van der Waals surface area contributed by atoms with Gasteiger partial charge in [0.05, 0.1) is 0 Å². The number of nitrogens with zero attached hydrogens (tertiary/aromatic N) is 2. The zero-order valence-electron chi connectivity index (χ0n) is 12.0. The highest BCUT2D eigenvalue weighted by Gasteiger charge is 2.35. The van der Waals surface area contributed by atoms with Crippen molar-refractivity contribution in [3.8, 4) is 0 Å². The lowest BCUT2D eigenvalue weighted by Crippen LogP contribution is -2.14. The first-order chi connectivity index (χ1) is 9.99. The van der Waals surface area contributed by atoms with E-state index in [9.17, 15) is 13.2 Å². The number of anilines is 1. The van der Waals surface area contributed by atoms with Crippen LogP contribution in [-0.2, 0) is 6.18 Å². The fourth-order valence-electron chi connectivity index (χ4n) is 2.35. The van der Waals surface area contributed by atoms with Gasteiger partial charge in [0.1, 0.15) is 10.8 Å². The molecular formula is C14H20F3N3S. The third-order valence-electron chi connectivity index (χ3n) is 3.45. The van der Waals surface area contributed by atoms with Gasteiger partial charge in [-0.3, -0.25) is 0 Å². The Bertz CT molecular complexity index is 459. The van der Waals surface area contributed by atoms with Crippen LogP contribution in [0.4, 0.5) is 19.0 Å². The van der Waals surface area contributed by atoms with Gasteiger partial charge in [0.25, 0.3) is 0 Å². The molecule has 7 heteroatoms. The molecule has 21 heavy (non-hydrogen) atoms. The molecule has 0 saturated heterocycles. The van der Waals surface area contributed by atoms with Gasteiger partial charge in [0.15, 0.2) is 0 Å². The minimum Gasteiger partial charge on any atom is -0.370 e. The lowest BCUT2D eigenvalue weighted by atomic mass is 10.1. The molecule has 3 nitrogen and oxygen atoms in total. The fourth-order valence-corrected chi connectivity index (χ4v) is 3.44. The third-order valence-corrected chi connectivity index (χ3v) is 4.60. The number of rotatable bonds is 6. The Labute approximate surface area is 127 Å². The molecule has 1 N–H and O–H groups in total. The molecule has 1 fully saturated rings. The van der Waals surface area contributed by atoms with E-state index in [1.54, 1.807) is 6.07 Å². The summed E-state index contributed by atoms with van der Waals surface area (Å²) in [7, 11) is 0. The minimum atomic E-state index is -4.51. The van der Waals surface area contributed by atoms with E-state index in [1.165, 1.54) is 37.4 Å². The van der Waals surface area contributed by atoms with E-state index in [-0.39, 0.29) is 5.82 Å². The smallest absolute Gasteiger partial charge is 0.370 e. The molecule has 0 unspecified atom stereocenters. The highest BCUT2D eigenvalue weighted by molar-refractivity contribution is 7.99. The number of nitrogens with one attached hydrogen (secondary N) is 1. The average Bonchev–Trinajstić information content (AvgIpc) is 2.95. The Kier molecular flexibility index (Phi) is 5.72. The van der Waals surface area contributed by atoms with Crippen LogP contribution in [0.15, 0.2) is 11.1 Å². The molecular weight excluding hydrogens is 299 g/mol. The molecule has 1 aromatic heterocycles. The van der Waals surface area contributed by atoms with Gasteiger partial charge in [-0.05, 0) is 25.2 Å². The zero-order chi connectivity index (χ0) is 15.3. The maximum atomic E-state index is 12.8. The lowest BCUT2D eigenvalue weighted by Gasteiger charge is -2.12. The van der Waals surface area contributed by atoms with Crippen LogP contribution >= 0.6 is 11.8 Å². The van der Waals surface area contributed by atoms with Crippen LogP contribution in [0.1, 0.15) is 44.9 Å². The molecule has 0 spiro atoms. The van der Waals surface area contributed by atoms with E-state index in [4.69, 9.17) is 0 Å². The molecule has 0 aliphatic heterocycles. The molecule has 1 aliphatic carbocycles. The monoisotopic (exact) mass is 319 g/mol. The molecule has 0 bridgehead atoms. The van der Waals surface area contributed by atoms with E-state index >= 15 is 0 Å². The number of alkyl halides is 3. The molecule has 118 valence electrons. The predicted molar refractivity (Wildman–Crippen MR) is 78.5 cm³/mol. The SMILES string of the molecule is CCCNc1cc(SCC2CCCC2)nc(C(F)(F)F)n1. The molecule has 1 heterocycles. The topological polar surface area (TPSA) is 37.8 Å². The molecule has 1 aromatic rings. The van der Waals surface area contributed by atoms with Gasteiger partial charge in [-0.2, -0.15) is 13.2 Å². The first-order valence-electron chi connectivity index (χ1n) is 7.32. The quantitative estimate of drug-likeness (QED) is 0.614. The molecule has 1 saturated carbocycles. The van der Waals surface area contributed by atoms with Crippen LogP contribution < -0.4 is 5.32 Å². The summed E-state index contributed by atoms with van der Waals surface area (Å²) in [5.74, 6) is 0.638. The Hall–Kier alpha value is -0.980. The molecule has 2 rings (SSSR count). The van der Waals surface area contributed by atoms with Crippen molar-refractivity contribution in [2.45, 2.75) is 50.2 Å². The van der Waals surface area contributed by atoms with Crippen LogP contribution in [-0.4, -0.2) is 22.3 Å². The third kappa shape index (κ3) is 5.05. The van der Waals surface area contributed by atoms with Crippen molar-refractivity contribution >= 4 is 17.6 Å². The summed E-state index contributed by atoms with van der Waals surface area (Å²) in [5, 5.41) is 3.32. The second kappa shape index (κ2) is 7.33. The van der Waals surface area contributed by atoms with Crippen molar-refractivity contribution in [3.63, 3.8) is 0 Å². The van der Waals surface area contributed by atoms with Crippen molar-refractivity contribution in [2.24, 2.45) is 5.92 Å². The van der Waals surface area contributed by atoms with Gasteiger partial charge in [0, 0.05) is 18.4 Å². The average molecular weight is 319 g/mol. The summed E-state index contributed by atoms with van der Waals surface area (Å²) in [4.78, 5) is 7.22. The maximum absolute atomic E-state index is 12.8. The van der Waals surface area contributed by atoms with Crippen LogP contribution in [0.5, 0.6) is 0 Å². The Morgan fingerprint density at radius 2 is 2.00 bits per heavy atom. The van der Waals surface area contributed by atoms with Gasteiger partial charge in [-0.1, -0.05) is 19.8 Å². The van der Waals surface area contributed by atoms with Crippen molar-refractivity contribution in [2.75, 3.05) is 17.6 Å². The second-order valence-corrected chi connectivity index (χ2v) is 6.34. The number of thioether (sulfide) groups is 1. The molecule has 0 radical (unpaired) electrons. The second-order valence-electron chi connectivity index (χ2n) is 5.30. The van der Waals surface area contributed by atoms with Crippen LogP contribution in [0.25, 0.3) is 0 Å². The summed E-state index contributed by atoms with van der Waals surface area (Å²) in [6.07, 6.45) is 1.12. The Morgan fingerprint density at radius 1 is 1.29 bits per heavy atom. The largest absolute Gasteiger partial charge is 0.451 e. The molecule has 0 aromatic carbocycles. The summed E-state index contributed by atoms with van der Waals surface area (Å²) < 4.78 is 38.5. The summed E-state index contributed by atoms with van der Waals surface area (Å²) >= 11 is 1.40. The van der Waals surface area contributed by atoms with Crippen LogP contribution in [0.3, 0.4) is 0 Å². The maximum Gasteiger partial charge on any atom is 0.451 e. The first kappa shape index (κ1) is 16.4. The molecule has 1 aliphatic rings. The van der Waals surface area contributed by atoms with Crippen molar-refractivity contribution < 1.29 is 13.2 Å². The Morgan fingerprint density at radius 3 is 2.62 bits per heavy atom. The number of aromatic nitrogens is 2. The van der Waals surface area contributed by atoms with E-state index in [0.29, 0.717) is 17.5 Å². The summed E-state index contributed by atoms with van der Waals surface area (Å²) in [6.45, 7) is 2.55. The normalized spacial score (nSPS) is 16.4. The highest BCUT2D eigenvalue weighted by Crippen LogP contribution is 2.33. The highest BCUT2D eigenvalue weighted by atomic mass is 32.2. The van der Waals surface area contributed by atoms with E-state index < -0.39 is 12.0 Å². The van der Waals surface area contributed by atoms with E-state index in [2.05, 4.69) is 15.3 Å². The lowest BCUT2D eigenvalue weighted by molar-refractivity contribution is -0.145. The standard InChI is InChI=1S/C14H20F3N3S/c1-2-7-18-11-8-12(20-13(19-11)14(15,16)17)21-9-10-5-3-4-6-10/h8,10H,2-7,9H2,1H3,(H,18,19,20). The molecule has 0 atom stereocenters. The van der Waals surface area contributed by atoms with Crippen molar-refractivity contribution in [1.82, 2.24) is 9.97 Å². The summed E-state index contributed by atoms with van der Waals surface area (Å²) in [5.41, 5.74) is 0. The van der Waals surface area contributed by atoms with Gasteiger partial charge in [-0.15, -0.1) is 11.8 Å². The van der Waals surface area contributed by atoms with Gasteiger partial charge < -0.3 is 5.32 Å². The minimum absolute atomic E-state index is 0.257. The van der Waals surface area contributed by atoms with E-state index in [1.807, 2.05) is 6.92 Å². The van der Waals surface area contributed by atoms with E-state index in [0.717, 1.165) is 12.2 Å². The summed E-state index contributed by atoms with van der Waals surface area (Å²) in [6, 6.07) is 1.62. The number of hydrogen-bond donors (Lipinski definition) is 1.